The van der Waals surface area contributed by atoms with Crippen LogP contribution in [0.3, 0.4) is 0 Å². The van der Waals surface area contributed by atoms with Gasteiger partial charge >= 0.3 is 0 Å². The minimum Gasteiger partial charge on any atom is -0.312 e. The van der Waals surface area contributed by atoms with Gasteiger partial charge in [0.25, 0.3) is 0 Å². The van der Waals surface area contributed by atoms with E-state index in [1.165, 1.54) is 17.0 Å². The molecule has 0 amide bonds. The Labute approximate surface area is 85.0 Å². The van der Waals surface area contributed by atoms with E-state index in [0.29, 0.717) is 5.92 Å². The van der Waals surface area contributed by atoms with Crippen molar-refractivity contribution >= 4 is 0 Å². The predicted molar refractivity (Wildman–Crippen MR) is 56.3 cm³/mol. The van der Waals surface area contributed by atoms with E-state index in [4.69, 9.17) is 0 Å². The lowest BCUT2D eigenvalue weighted by atomic mass is 9.98. The van der Waals surface area contributed by atoms with E-state index in [0.717, 1.165) is 25.3 Å². The van der Waals surface area contributed by atoms with E-state index >= 15 is 0 Å². The molecule has 0 fully saturated rings. The molecule has 0 aromatic carbocycles. The molecule has 1 N–H and O–H groups in total. The predicted octanol–water partition coefficient (Wildman–Crippen LogP) is 1.55. The van der Waals surface area contributed by atoms with Crippen molar-refractivity contribution in [2.45, 2.75) is 39.7 Å². The van der Waals surface area contributed by atoms with Gasteiger partial charge in [0, 0.05) is 25.1 Å². The van der Waals surface area contributed by atoms with Crippen LogP contribution in [0.15, 0.2) is 0 Å². The second kappa shape index (κ2) is 3.65. The lowest BCUT2D eigenvalue weighted by molar-refractivity contribution is 0.604. The fourth-order valence-electron chi connectivity index (χ4n) is 1.97. The molecule has 1 aliphatic heterocycles. The first-order valence-electron chi connectivity index (χ1n) is 5.25. The Balaban J connectivity index is 2.52. The first kappa shape index (κ1) is 9.59. The molecular weight excluding hydrogens is 174 g/mol. The fraction of sp³-hybridized carbons (Fsp3) is 0.636. The zero-order valence-corrected chi connectivity index (χ0v) is 9.09. The summed E-state index contributed by atoms with van der Waals surface area (Å²) in [5, 5.41) is 3.38. The van der Waals surface area contributed by atoms with Gasteiger partial charge in [-0.05, 0) is 12.8 Å². The average Bonchev–Trinajstić information content (AvgIpc) is 2.16. The van der Waals surface area contributed by atoms with Crippen LogP contribution < -0.4 is 5.32 Å². The van der Waals surface area contributed by atoms with Crippen LogP contribution in [0.5, 0.6) is 0 Å². The van der Waals surface area contributed by atoms with Crippen molar-refractivity contribution in [1.82, 2.24) is 15.3 Å². The van der Waals surface area contributed by atoms with Gasteiger partial charge < -0.3 is 5.32 Å². The van der Waals surface area contributed by atoms with E-state index in [2.05, 4.69) is 29.1 Å². The maximum atomic E-state index is 4.53. The third kappa shape index (κ3) is 1.64. The summed E-state index contributed by atoms with van der Waals surface area (Å²) in [6, 6.07) is 0. The fourth-order valence-corrected chi connectivity index (χ4v) is 1.97. The van der Waals surface area contributed by atoms with Crippen molar-refractivity contribution < 1.29 is 0 Å². The number of hydrogen-bond donors (Lipinski definition) is 1. The summed E-state index contributed by atoms with van der Waals surface area (Å²) in [6.45, 7) is 8.34. The van der Waals surface area contributed by atoms with Gasteiger partial charge in [0.1, 0.15) is 5.82 Å². The summed E-state index contributed by atoms with van der Waals surface area (Å²) < 4.78 is 0. The number of nitrogens with one attached hydrogen (secondary N) is 1. The highest BCUT2D eigenvalue weighted by Crippen LogP contribution is 2.21. The Morgan fingerprint density at radius 1 is 1.29 bits per heavy atom. The SMILES string of the molecule is Cc1nc2c(c(C(C)C)n1)CNCC2. The van der Waals surface area contributed by atoms with Crippen LogP contribution in [0.2, 0.25) is 0 Å². The maximum Gasteiger partial charge on any atom is 0.125 e. The molecule has 0 saturated carbocycles. The molecule has 0 aliphatic carbocycles. The van der Waals surface area contributed by atoms with Crippen LogP contribution in [0.1, 0.15) is 42.5 Å². The Kier molecular flexibility index (Phi) is 2.50. The molecule has 0 bridgehead atoms. The van der Waals surface area contributed by atoms with Gasteiger partial charge in [0.15, 0.2) is 0 Å². The number of aryl methyl sites for hydroxylation is 1. The summed E-state index contributed by atoms with van der Waals surface area (Å²) in [5.74, 6) is 1.40. The van der Waals surface area contributed by atoms with Crippen LogP contribution in [-0.4, -0.2) is 16.5 Å². The van der Waals surface area contributed by atoms with E-state index in [1.54, 1.807) is 0 Å². The molecule has 2 rings (SSSR count). The molecule has 0 radical (unpaired) electrons. The monoisotopic (exact) mass is 191 g/mol. The molecule has 3 heteroatoms. The third-order valence-electron chi connectivity index (χ3n) is 2.62. The van der Waals surface area contributed by atoms with Crippen LogP contribution in [0.25, 0.3) is 0 Å². The number of aromatic nitrogens is 2. The van der Waals surface area contributed by atoms with Gasteiger partial charge in [-0.25, -0.2) is 9.97 Å². The molecule has 0 saturated heterocycles. The van der Waals surface area contributed by atoms with Gasteiger partial charge in [-0.15, -0.1) is 0 Å². The molecule has 0 spiro atoms. The minimum atomic E-state index is 0.491. The van der Waals surface area contributed by atoms with Crippen molar-refractivity contribution in [3.63, 3.8) is 0 Å². The number of fused-ring (bicyclic) bond motifs is 1. The van der Waals surface area contributed by atoms with Crippen LogP contribution in [0.4, 0.5) is 0 Å². The molecule has 14 heavy (non-hydrogen) atoms. The van der Waals surface area contributed by atoms with Gasteiger partial charge in [-0.3, -0.25) is 0 Å². The summed E-state index contributed by atoms with van der Waals surface area (Å²) in [5.41, 5.74) is 3.80. The van der Waals surface area contributed by atoms with Crippen LogP contribution >= 0.6 is 0 Å². The maximum absolute atomic E-state index is 4.53. The van der Waals surface area contributed by atoms with E-state index < -0.39 is 0 Å². The van der Waals surface area contributed by atoms with Gasteiger partial charge in [0.05, 0.1) is 11.4 Å². The summed E-state index contributed by atoms with van der Waals surface area (Å²) >= 11 is 0. The highest BCUT2D eigenvalue weighted by molar-refractivity contribution is 5.30. The number of nitrogens with zero attached hydrogens (tertiary/aromatic N) is 2. The van der Waals surface area contributed by atoms with E-state index in [9.17, 15) is 0 Å². The molecule has 3 nitrogen and oxygen atoms in total. The van der Waals surface area contributed by atoms with Gasteiger partial charge in [0.2, 0.25) is 0 Å². The average molecular weight is 191 g/mol. The van der Waals surface area contributed by atoms with Crippen molar-refractivity contribution in [3.05, 3.63) is 22.8 Å². The van der Waals surface area contributed by atoms with Gasteiger partial charge in [-0.2, -0.15) is 0 Å². The van der Waals surface area contributed by atoms with Crippen LogP contribution in [-0.2, 0) is 13.0 Å². The van der Waals surface area contributed by atoms with Crippen LogP contribution in [0, 0.1) is 6.92 Å². The molecular formula is C11H17N3. The Hall–Kier alpha value is -0.960. The van der Waals surface area contributed by atoms with Gasteiger partial charge in [-0.1, -0.05) is 13.8 Å². The lowest BCUT2D eigenvalue weighted by Crippen LogP contribution is -2.27. The van der Waals surface area contributed by atoms with Crippen molar-refractivity contribution in [3.8, 4) is 0 Å². The lowest BCUT2D eigenvalue weighted by Gasteiger charge is -2.21. The molecule has 1 aliphatic rings. The number of rotatable bonds is 1. The Bertz CT molecular complexity index is 345. The second-order valence-electron chi connectivity index (χ2n) is 4.16. The zero-order chi connectivity index (χ0) is 10.1. The smallest absolute Gasteiger partial charge is 0.125 e. The molecule has 0 atom stereocenters. The highest BCUT2D eigenvalue weighted by Gasteiger charge is 2.17. The largest absolute Gasteiger partial charge is 0.312 e. The molecule has 1 aromatic rings. The summed E-state index contributed by atoms with van der Waals surface area (Å²) in [6.07, 6.45) is 1.04. The normalized spacial score (nSPS) is 15.7. The first-order valence-corrected chi connectivity index (χ1v) is 5.25. The first-order chi connectivity index (χ1) is 6.68. The highest BCUT2D eigenvalue weighted by atomic mass is 14.9. The minimum absolute atomic E-state index is 0.491. The topological polar surface area (TPSA) is 37.8 Å². The molecule has 2 heterocycles. The molecule has 76 valence electrons. The Morgan fingerprint density at radius 2 is 2.07 bits per heavy atom. The van der Waals surface area contributed by atoms with Crippen molar-refractivity contribution in [2.24, 2.45) is 0 Å². The molecule has 0 unspecified atom stereocenters. The third-order valence-corrected chi connectivity index (χ3v) is 2.62. The summed E-state index contributed by atoms with van der Waals surface area (Å²) in [7, 11) is 0. The molecule has 1 aromatic heterocycles. The zero-order valence-electron chi connectivity index (χ0n) is 9.09. The summed E-state index contributed by atoms with van der Waals surface area (Å²) in [4.78, 5) is 9.04. The van der Waals surface area contributed by atoms with E-state index in [1.807, 2.05) is 6.92 Å². The van der Waals surface area contributed by atoms with Crippen molar-refractivity contribution in [2.75, 3.05) is 6.54 Å². The number of hydrogen-bond acceptors (Lipinski definition) is 3. The quantitative estimate of drug-likeness (QED) is 0.732. The second-order valence-corrected chi connectivity index (χ2v) is 4.16. The van der Waals surface area contributed by atoms with Crippen molar-refractivity contribution in [1.29, 1.82) is 0 Å². The Morgan fingerprint density at radius 3 is 2.79 bits per heavy atom. The standard InChI is InChI=1S/C11H17N3/c1-7(2)11-9-6-12-5-4-10(9)13-8(3)14-11/h7,12H,4-6H2,1-3H3. The van der Waals surface area contributed by atoms with E-state index in [-0.39, 0.29) is 0 Å².